The van der Waals surface area contributed by atoms with Crippen LogP contribution in [0, 0.1) is 0 Å². The van der Waals surface area contributed by atoms with Crippen LogP contribution in [-0.2, 0) is 6.42 Å². The minimum Gasteiger partial charge on any atom is -0.464 e. The number of aryl methyl sites for hydroxylation is 1. The SMILES string of the molecule is CCCCCCc1ccc(-c2ccc(C=O)c3occc23)cc1. The summed E-state index contributed by atoms with van der Waals surface area (Å²) in [5.41, 5.74) is 4.92. The summed E-state index contributed by atoms with van der Waals surface area (Å²) in [5, 5.41) is 0.991. The van der Waals surface area contributed by atoms with Gasteiger partial charge >= 0.3 is 0 Å². The molecule has 2 nitrogen and oxygen atoms in total. The van der Waals surface area contributed by atoms with Crippen LogP contribution >= 0.6 is 0 Å². The average molecular weight is 306 g/mol. The molecule has 0 atom stereocenters. The first-order chi connectivity index (χ1) is 11.3. The second-order valence-electron chi connectivity index (χ2n) is 5.99. The van der Waals surface area contributed by atoms with Crippen molar-refractivity contribution in [3.8, 4) is 11.1 Å². The predicted molar refractivity (Wildman–Crippen MR) is 94.9 cm³/mol. The largest absolute Gasteiger partial charge is 0.464 e. The van der Waals surface area contributed by atoms with E-state index in [0.29, 0.717) is 11.1 Å². The van der Waals surface area contributed by atoms with Crippen LogP contribution in [0.25, 0.3) is 22.1 Å². The summed E-state index contributed by atoms with van der Waals surface area (Å²) in [6, 6.07) is 14.5. The minimum absolute atomic E-state index is 0.598. The number of benzene rings is 2. The lowest BCUT2D eigenvalue weighted by Crippen LogP contribution is -1.88. The second-order valence-corrected chi connectivity index (χ2v) is 5.99. The molecule has 0 saturated carbocycles. The first-order valence-corrected chi connectivity index (χ1v) is 8.38. The van der Waals surface area contributed by atoms with Gasteiger partial charge in [-0.25, -0.2) is 0 Å². The highest BCUT2D eigenvalue weighted by atomic mass is 16.3. The van der Waals surface area contributed by atoms with Crippen LogP contribution in [0.3, 0.4) is 0 Å². The number of aldehydes is 1. The van der Waals surface area contributed by atoms with Gasteiger partial charge in [0.15, 0.2) is 6.29 Å². The Morgan fingerprint density at radius 3 is 2.52 bits per heavy atom. The van der Waals surface area contributed by atoms with Crippen LogP contribution in [0.4, 0.5) is 0 Å². The van der Waals surface area contributed by atoms with Gasteiger partial charge in [-0.2, -0.15) is 0 Å². The van der Waals surface area contributed by atoms with Crippen molar-refractivity contribution in [3.63, 3.8) is 0 Å². The molecule has 0 aliphatic rings. The van der Waals surface area contributed by atoms with E-state index in [-0.39, 0.29) is 0 Å². The Morgan fingerprint density at radius 2 is 1.78 bits per heavy atom. The third kappa shape index (κ3) is 3.37. The van der Waals surface area contributed by atoms with Crippen LogP contribution in [0.5, 0.6) is 0 Å². The zero-order chi connectivity index (χ0) is 16.1. The highest BCUT2D eigenvalue weighted by molar-refractivity contribution is 6.02. The van der Waals surface area contributed by atoms with Gasteiger partial charge in [0.1, 0.15) is 5.58 Å². The number of unbranched alkanes of at least 4 members (excludes halogenated alkanes) is 3. The van der Waals surface area contributed by atoms with Crippen molar-refractivity contribution in [2.45, 2.75) is 39.0 Å². The fourth-order valence-electron chi connectivity index (χ4n) is 3.03. The van der Waals surface area contributed by atoms with Crippen LogP contribution in [0.15, 0.2) is 53.1 Å². The number of furan rings is 1. The fraction of sp³-hybridized carbons (Fsp3) is 0.286. The van der Waals surface area contributed by atoms with Crippen LogP contribution in [0.2, 0.25) is 0 Å². The van der Waals surface area contributed by atoms with Gasteiger partial charge in [-0.15, -0.1) is 0 Å². The molecule has 2 heteroatoms. The average Bonchev–Trinajstić information content (AvgIpc) is 3.08. The number of carbonyl (C=O) groups is 1. The fourth-order valence-corrected chi connectivity index (χ4v) is 3.03. The van der Waals surface area contributed by atoms with Gasteiger partial charge in [0.25, 0.3) is 0 Å². The minimum atomic E-state index is 0.598. The van der Waals surface area contributed by atoms with Crippen molar-refractivity contribution in [3.05, 3.63) is 59.9 Å². The van der Waals surface area contributed by atoms with Gasteiger partial charge in [0.2, 0.25) is 0 Å². The van der Waals surface area contributed by atoms with Crippen molar-refractivity contribution in [1.29, 1.82) is 0 Å². The molecule has 3 rings (SSSR count). The molecule has 118 valence electrons. The van der Waals surface area contributed by atoms with Crippen molar-refractivity contribution < 1.29 is 9.21 Å². The summed E-state index contributed by atoms with van der Waals surface area (Å²) >= 11 is 0. The number of rotatable bonds is 7. The molecule has 0 aliphatic carbocycles. The van der Waals surface area contributed by atoms with E-state index in [2.05, 4.69) is 31.2 Å². The Hall–Kier alpha value is -2.35. The number of fused-ring (bicyclic) bond motifs is 1. The lowest BCUT2D eigenvalue weighted by atomic mass is 9.97. The molecule has 1 heterocycles. The highest BCUT2D eigenvalue weighted by Gasteiger charge is 2.10. The van der Waals surface area contributed by atoms with E-state index in [4.69, 9.17) is 4.42 Å². The van der Waals surface area contributed by atoms with E-state index in [9.17, 15) is 4.79 Å². The van der Waals surface area contributed by atoms with Crippen molar-refractivity contribution in [2.75, 3.05) is 0 Å². The van der Waals surface area contributed by atoms with E-state index < -0.39 is 0 Å². The zero-order valence-corrected chi connectivity index (χ0v) is 13.5. The Kier molecular flexibility index (Phi) is 4.92. The van der Waals surface area contributed by atoms with Crippen molar-refractivity contribution in [2.24, 2.45) is 0 Å². The summed E-state index contributed by atoms with van der Waals surface area (Å²) in [6.07, 6.45) is 8.79. The van der Waals surface area contributed by atoms with E-state index in [1.165, 1.54) is 31.2 Å². The van der Waals surface area contributed by atoms with Gasteiger partial charge in [-0.1, -0.05) is 56.5 Å². The van der Waals surface area contributed by atoms with E-state index in [1.54, 1.807) is 6.26 Å². The topological polar surface area (TPSA) is 30.2 Å². The molecule has 0 unspecified atom stereocenters. The number of hydrogen-bond donors (Lipinski definition) is 0. The molecule has 0 bridgehead atoms. The summed E-state index contributed by atoms with van der Waals surface area (Å²) < 4.78 is 5.47. The first kappa shape index (κ1) is 15.5. The molecule has 0 fully saturated rings. The molecule has 0 spiro atoms. The molecule has 0 saturated heterocycles. The molecule has 3 aromatic rings. The molecule has 2 aromatic carbocycles. The van der Waals surface area contributed by atoms with Gasteiger partial charge < -0.3 is 4.42 Å². The molecule has 1 aromatic heterocycles. The standard InChI is InChI=1S/C21H22O2/c1-2-3-4-5-6-16-7-9-17(10-8-16)19-12-11-18(15-22)21-20(19)13-14-23-21/h7-15H,2-6H2,1H3. The number of carbonyl (C=O) groups excluding carboxylic acids is 1. The molecular formula is C21H22O2. The molecule has 0 N–H and O–H groups in total. The summed E-state index contributed by atoms with van der Waals surface area (Å²) in [7, 11) is 0. The summed E-state index contributed by atoms with van der Waals surface area (Å²) in [6.45, 7) is 2.24. The lowest BCUT2D eigenvalue weighted by Gasteiger charge is -2.07. The summed E-state index contributed by atoms with van der Waals surface area (Å²) in [4.78, 5) is 11.1. The maximum absolute atomic E-state index is 11.1. The monoisotopic (exact) mass is 306 g/mol. The van der Waals surface area contributed by atoms with E-state index in [0.717, 1.165) is 29.2 Å². The highest BCUT2D eigenvalue weighted by Crippen LogP contribution is 2.31. The molecule has 0 radical (unpaired) electrons. The number of hydrogen-bond acceptors (Lipinski definition) is 2. The van der Waals surface area contributed by atoms with Crippen molar-refractivity contribution >= 4 is 17.3 Å². The Morgan fingerprint density at radius 1 is 0.957 bits per heavy atom. The summed E-state index contributed by atoms with van der Waals surface area (Å²) in [5.74, 6) is 0. The van der Waals surface area contributed by atoms with Gasteiger partial charge in [0, 0.05) is 5.39 Å². The maximum atomic E-state index is 11.1. The van der Waals surface area contributed by atoms with Gasteiger partial charge in [0.05, 0.1) is 11.8 Å². The Balaban J connectivity index is 1.82. The van der Waals surface area contributed by atoms with Gasteiger partial charge in [-0.3, -0.25) is 4.79 Å². The first-order valence-electron chi connectivity index (χ1n) is 8.38. The van der Waals surface area contributed by atoms with Crippen LogP contribution in [-0.4, -0.2) is 6.29 Å². The smallest absolute Gasteiger partial charge is 0.153 e. The third-order valence-electron chi connectivity index (χ3n) is 4.36. The predicted octanol–water partition coefficient (Wildman–Crippen LogP) is 6.04. The third-order valence-corrected chi connectivity index (χ3v) is 4.36. The quantitative estimate of drug-likeness (QED) is 0.394. The van der Waals surface area contributed by atoms with Crippen LogP contribution in [0.1, 0.15) is 48.5 Å². The molecule has 0 amide bonds. The van der Waals surface area contributed by atoms with E-state index in [1.807, 2.05) is 18.2 Å². The van der Waals surface area contributed by atoms with E-state index >= 15 is 0 Å². The van der Waals surface area contributed by atoms with Crippen LogP contribution < -0.4 is 0 Å². The van der Waals surface area contributed by atoms with Gasteiger partial charge in [-0.05, 0) is 41.7 Å². The Bertz CT molecular complexity index is 781. The van der Waals surface area contributed by atoms with Crippen molar-refractivity contribution in [1.82, 2.24) is 0 Å². The second kappa shape index (κ2) is 7.28. The lowest BCUT2D eigenvalue weighted by molar-refractivity contribution is 0.112. The molecule has 23 heavy (non-hydrogen) atoms. The molecular weight excluding hydrogens is 284 g/mol. The zero-order valence-electron chi connectivity index (χ0n) is 13.5. The normalized spacial score (nSPS) is 11.0. The maximum Gasteiger partial charge on any atom is 0.153 e. The Labute approximate surface area is 137 Å². The molecule has 0 aliphatic heterocycles.